The summed E-state index contributed by atoms with van der Waals surface area (Å²) in [5.41, 5.74) is 8.05. The van der Waals surface area contributed by atoms with E-state index in [2.05, 4.69) is 0 Å². The molecule has 0 aliphatic rings. The standard InChI is InChI=1S/C11H8NOS/c12-11(13)10-7-6-9(14-10)8-4-2-1-3-5-8/h1-7,12H. The van der Waals surface area contributed by atoms with Crippen molar-refractivity contribution in [2.24, 2.45) is 0 Å². The van der Waals surface area contributed by atoms with Crippen molar-refractivity contribution in [2.45, 2.75) is 0 Å². The number of amides is 1. The van der Waals surface area contributed by atoms with Crippen LogP contribution in [0, 0.1) is 0 Å². The molecule has 1 aromatic heterocycles. The molecule has 0 saturated heterocycles. The number of rotatable bonds is 2. The molecule has 0 aliphatic carbocycles. The van der Waals surface area contributed by atoms with Crippen LogP contribution in [0.3, 0.4) is 0 Å². The molecule has 14 heavy (non-hydrogen) atoms. The van der Waals surface area contributed by atoms with E-state index in [0.29, 0.717) is 4.88 Å². The van der Waals surface area contributed by atoms with Crippen molar-refractivity contribution < 1.29 is 4.79 Å². The summed E-state index contributed by atoms with van der Waals surface area (Å²) >= 11 is 1.36. The maximum Gasteiger partial charge on any atom is 0.279 e. The third-order valence-electron chi connectivity index (χ3n) is 1.89. The highest BCUT2D eigenvalue weighted by Crippen LogP contribution is 2.27. The lowest BCUT2D eigenvalue weighted by atomic mass is 10.2. The molecule has 0 bridgehead atoms. The summed E-state index contributed by atoms with van der Waals surface area (Å²) in [6.45, 7) is 0. The summed E-state index contributed by atoms with van der Waals surface area (Å²) in [4.78, 5) is 12.3. The van der Waals surface area contributed by atoms with Crippen molar-refractivity contribution in [2.75, 3.05) is 0 Å². The Labute approximate surface area is 86.0 Å². The van der Waals surface area contributed by atoms with Crippen LogP contribution in [0.2, 0.25) is 0 Å². The Morgan fingerprint density at radius 3 is 2.36 bits per heavy atom. The van der Waals surface area contributed by atoms with E-state index in [-0.39, 0.29) is 0 Å². The van der Waals surface area contributed by atoms with Gasteiger partial charge in [-0.1, -0.05) is 30.3 Å². The molecule has 0 spiro atoms. The van der Waals surface area contributed by atoms with Gasteiger partial charge in [0.25, 0.3) is 5.91 Å². The van der Waals surface area contributed by atoms with Crippen molar-refractivity contribution in [3.05, 3.63) is 47.3 Å². The second kappa shape index (κ2) is 3.64. The summed E-state index contributed by atoms with van der Waals surface area (Å²) in [6, 6.07) is 13.4. The van der Waals surface area contributed by atoms with Gasteiger partial charge in [-0.3, -0.25) is 10.5 Å². The average molecular weight is 202 g/mol. The van der Waals surface area contributed by atoms with Crippen LogP contribution in [0.1, 0.15) is 9.67 Å². The van der Waals surface area contributed by atoms with E-state index in [1.807, 2.05) is 36.4 Å². The fourth-order valence-corrected chi connectivity index (χ4v) is 2.07. The van der Waals surface area contributed by atoms with E-state index in [1.165, 1.54) is 11.3 Å². The van der Waals surface area contributed by atoms with E-state index < -0.39 is 5.91 Å². The van der Waals surface area contributed by atoms with Crippen LogP contribution in [0.25, 0.3) is 10.4 Å². The lowest BCUT2D eigenvalue weighted by Crippen LogP contribution is -1.93. The van der Waals surface area contributed by atoms with E-state index >= 15 is 0 Å². The first-order valence-electron chi connectivity index (χ1n) is 4.18. The minimum Gasteiger partial charge on any atom is -0.266 e. The van der Waals surface area contributed by atoms with Gasteiger partial charge >= 0.3 is 0 Å². The van der Waals surface area contributed by atoms with Gasteiger partial charge < -0.3 is 0 Å². The average Bonchev–Trinajstić information content (AvgIpc) is 2.68. The quantitative estimate of drug-likeness (QED) is 0.738. The fraction of sp³-hybridized carbons (Fsp3) is 0. The van der Waals surface area contributed by atoms with E-state index in [9.17, 15) is 4.79 Å². The van der Waals surface area contributed by atoms with E-state index in [1.54, 1.807) is 6.07 Å². The summed E-state index contributed by atoms with van der Waals surface area (Å²) in [5.74, 6) is -0.614. The molecule has 2 nitrogen and oxygen atoms in total. The monoisotopic (exact) mass is 202 g/mol. The van der Waals surface area contributed by atoms with Crippen LogP contribution in [0.4, 0.5) is 0 Å². The number of hydrogen-bond acceptors (Lipinski definition) is 2. The Bertz CT molecular complexity index is 447. The highest BCUT2D eigenvalue weighted by atomic mass is 32.1. The fourth-order valence-electron chi connectivity index (χ4n) is 1.22. The third kappa shape index (κ3) is 1.67. The largest absolute Gasteiger partial charge is 0.279 e. The molecule has 2 rings (SSSR count). The first-order valence-corrected chi connectivity index (χ1v) is 5.00. The van der Waals surface area contributed by atoms with Gasteiger partial charge in [-0.25, -0.2) is 0 Å². The maximum absolute atomic E-state index is 10.8. The molecule has 0 saturated carbocycles. The molecule has 1 heterocycles. The number of carbonyl (C=O) groups is 1. The number of carbonyl (C=O) groups excluding carboxylic acids is 1. The van der Waals surface area contributed by atoms with Crippen LogP contribution >= 0.6 is 11.3 Å². The number of hydrogen-bond donors (Lipinski definition) is 0. The molecule has 1 N–H and O–H groups in total. The van der Waals surface area contributed by atoms with Crippen LogP contribution in [-0.2, 0) is 0 Å². The maximum atomic E-state index is 10.8. The van der Waals surface area contributed by atoms with Gasteiger partial charge in [0, 0.05) is 4.88 Å². The molecular weight excluding hydrogens is 194 g/mol. The molecule has 2 aromatic rings. The second-order valence-electron chi connectivity index (χ2n) is 2.86. The molecule has 1 radical (unpaired) electrons. The Morgan fingerprint density at radius 2 is 1.79 bits per heavy atom. The molecule has 1 amide bonds. The zero-order chi connectivity index (χ0) is 9.97. The van der Waals surface area contributed by atoms with Crippen molar-refractivity contribution in [1.29, 1.82) is 0 Å². The summed E-state index contributed by atoms with van der Waals surface area (Å²) in [6.07, 6.45) is 0. The molecule has 0 aliphatic heterocycles. The number of benzene rings is 1. The lowest BCUT2D eigenvalue weighted by molar-refractivity contribution is 0.0996. The van der Waals surface area contributed by atoms with E-state index in [4.69, 9.17) is 5.73 Å². The minimum absolute atomic E-state index is 0.490. The van der Waals surface area contributed by atoms with Gasteiger partial charge in [-0.2, -0.15) is 0 Å². The van der Waals surface area contributed by atoms with Gasteiger partial charge in [0.05, 0.1) is 4.88 Å². The molecule has 3 heteroatoms. The molecule has 0 atom stereocenters. The minimum atomic E-state index is -0.614. The van der Waals surface area contributed by atoms with Crippen molar-refractivity contribution in [3.63, 3.8) is 0 Å². The molecule has 0 fully saturated rings. The van der Waals surface area contributed by atoms with Crippen LogP contribution in [0.5, 0.6) is 0 Å². The SMILES string of the molecule is [NH]C(=O)c1ccc(-c2ccccc2)s1. The number of nitrogens with one attached hydrogen (secondary N) is 1. The first kappa shape index (κ1) is 8.97. The normalized spacial score (nSPS) is 10.0. The number of thiophene rings is 1. The lowest BCUT2D eigenvalue weighted by Gasteiger charge is -1.94. The van der Waals surface area contributed by atoms with Crippen LogP contribution < -0.4 is 5.73 Å². The van der Waals surface area contributed by atoms with Crippen molar-refractivity contribution in [3.8, 4) is 10.4 Å². The third-order valence-corrected chi connectivity index (χ3v) is 3.02. The van der Waals surface area contributed by atoms with Crippen LogP contribution in [0.15, 0.2) is 42.5 Å². The predicted octanol–water partition coefficient (Wildman–Crippen LogP) is 2.84. The topological polar surface area (TPSA) is 40.9 Å². The Morgan fingerprint density at radius 1 is 1.07 bits per heavy atom. The Balaban J connectivity index is 2.39. The molecular formula is C11H8NOS. The zero-order valence-corrected chi connectivity index (χ0v) is 8.17. The van der Waals surface area contributed by atoms with Crippen molar-refractivity contribution in [1.82, 2.24) is 5.73 Å². The highest BCUT2D eigenvalue weighted by molar-refractivity contribution is 7.17. The predicted molar refractivity (Wildman–Crippen MR) is 57.2 cm³/mol. The molecule has 0 unspecified atom stereocenters. The van der Waals surface area contributed by atoms with Gasteiger partial charge in [0.1, 0.15) is 0 Å². The van der Waals surface area contributed by atoms with Gasteiger partial charge in [0.2, 0.25) is 0 Å². The molecule has 69 valence electrons. The summed E-state index contributed by atoms with van der Waals surface area (Å²) < 4.78 is 0. The van der Waals surface area contributed by atoms with Crippen molar-refractivity contribution >= 4 is 17.2 Å². The van der Waals surface area contributed by atoms with Crippen LogP contribution in [-0.4, -0.2) is 5.91 Å². The van der Waals surface area contributed by atoms with Gasteiger partial charge in [0.15, 0.2) is 0 Å². The van der Waals surface area contributed by atoms with E-state index in [0.717, 1.165) is 10.4 Å². The highest BCUT2D eigenvalue weighted by Gasteiger charge is 2.06. The Hall–Kier alpha value is -1.61. The van der Waals surface area contributed by atoms with Gasteiger partial charge in [-0.15, -0.1) is 11.3 Å². The summed E-state index contributed by atoms with van der Waals surface area (Å²) in [7, 11) is 0. The smallest absolute Gasteiger partial charge is 0.266 e. The second-order valence-corrected chi connectivity index (χ2v) is 3.94. The molecule has 1 aromatic carbocycles. The summed E-state index contributed by atoms with van der Waals surface area (Å²) in [5, 5.41) is 0. The van der Waals surface area contributed by atoms with Gasteiger partial charge in [-0.05, 0) is 17.7 Å². The Kier molecular flexibility index (Phi) is 2.33. The first-order chi connectivity index (χ1) is 6.77. The zero-order valence-electron chi connectivity index (χ0n) is 7.36.